The second kappa shape index (κ2) is 6.30. The van der Waals surface area contributed by atoms with Gasteiger partial charge in [-0.3, -0.25) is 4.79 Å². The number of aromatic nitrogens is 2. The van der Waals surface area contributed by atoms with Gasteiger partial charge in [-0.15, -0.1) is 11.3 Å². The molecule has 1 saturated carbocycles. The number of rotatable bonds is 5. The summed E-state index contributed by atoms with van der Waals surface area (Å²) >= 11 is 1.41. The molecule has 3 aromatic rings. The Balaban J connectivity index is 1.37. The summed E-state index contributed by atoms with van der Waals surface area (Å²) in [6, 6.07) is 6.11. The van der Waals surface area contributed by atoms with E-state index in [2.05, 4.69) is 38.8 Å². The lowest BCUT2D eigenvalue weighted by molar-refractivity contribution is 0.0900. The van der Waals surface area contributed by atoms with Crippen molar-refractivity contribution in [2.45, 2.75) is 18.4 Å². The average Bonchev–Trinajstić information content (AvgIpc) is 3.18. The lowest BCUT2D eigenvalue weighted by atomic mass is 10.1. The molecule has 4 heterocycles. The van der Waals surface area contributed by atoms with Gasteiger partial charge in [0, 0.05) is 42.5 Å². The summed E-state index contributed by atoms with van der Waals surface area (Å²) in [6.07, 6.45) is 5.55. The third kappa shape index (κ3) is 3.29. The smallest absolute Gasteiger partial charge is 0.261 e. The summed E-state index contributed by atoms with van der Waals surface area (Å²) in [7, 11) is 0. The fourth-order valence-corrected chi connectivity index (χ4v) is 4.12. The van der Waals surface area contributed by atoms with Crippen molar-refractivity contribution in [3.63, 3.8) is 0 Å². The molecule has 0 radical (unpaired) electrons. The first-order valence-corrected chi connectivity index (χ1v) is 9.96. The normalized spacial score (nSPS) is 17.9. The fourth-order valence-electron chi connectivity index (χ4n) is 3.29. The first kappa shape index (κ1) is 16.7. The number of hydrogen-bond donors (Lipinski definition) is 4. The van der Waals surface area contributed by atoms with E-state index in [1.54, 1.807) is 0 Å². The molecule has 0 spiro atoms. The van der Waals surface area contributed by atoms with Crippen LogP contribution < -0.4 is 10.6 Å². The summed E-state index contributed by atoms with van der Waals surface area (Å²) < 4.78 is 0. The van der Waals surface area contributed by atoms with Crippen LogP contribution >= 0.6 is 11.3 Å². The van der Waals surface area contributed by atoms with E-state index in [1.165, 1.54) is 16.9 Å². The van der Waals surface area contributed by atoms with Crippen molar-refractivity contribution < 1.29 is 9.90 Å². The molecule has 0 atom stereocenters. The summed E-state index contributed by atoms with van der Waals surface area (Å²) in [5.41, 5.74) is 4.52. The summed E-state index contributed by atoms with van der Waals surface area (Å²) in [5.74, 6) is -0.134. The largest absolute Gasteiger partial charge is 0.388 e. The van der Waals surface area contributed by atoms with Crippen LogP contribution in [0, 0.1) is 0 Å². The Morgan fingerprint density at radius 3 is 2.96 bits per heavy atom. The van der Waals surface area contributed by atoms with E-state index in [-0.39, 0.29) is 5.91 Å². The molecule has 27 heavy (non-hydrogen) atoms. The summed E-state index contributed by atoms with van der Waals surface area (Å²) in [5, 5.41) is 19.0. The Kier molecular flexibility index (Phi) is 3.89. The van der Waals surface area contributed by atoms with Crippen LogP contribution in [-0.2, 0) is 0 Å². The molecular weight excluding hydrogens is 360 g/mol. The minimum Gasteiger partial charge on any atom is -0.388 e. The molecular formula is C20H20N4O2S. The van der Waals surface area contributed by atoms with Gasteiger partial charge in [0.2, 0.25) is 0 Å². The Labute approximate surface area is 160 Å². The van der Waals surface area contributed by atoms with Crippen LogP contribution in [0.3, 0.4) is 0 Å². The molecule has 5 rings (SSSR count). The molecule has 7 heteroatoms. The maximum absolute atomic E-state index is 12.3. The zero-order valence-corrected chi connectivity index (χ0v) is 15.5. The monoisotopic (exact) mass is 380 g/mol. The van der Waals surface area contributed by atoms with Crippen molar-refractivity contribution in [1.29, 1.82) is 0 Å². The molecule has 6 nitrogen and oxygen atoms in total. The van der Waals surface area contributed by atoms with Crippen molar-refractivity contribution >= 4 is 33.9 Å². The molecule has 4 N–H and O–H groups in total. The number of H-pyrrole nitrogens is 1. The minimum atomic E-state index is -0.680. The van der Waals surface area contributed by atoms with Gasteiger partial charge in [0.25, 0.3) is 5.91 Å². The number of carbonyl (C=O) groups excluding carboxylic acids is 1. The SMILES string of the molecule is O=C(NCC1(O)CC1)c1cc(-c2cnc3[nH]c(C4=CCNC4)cc3c2)cs1. The maximum atomic E-state index is 12.3. The van der Waals surface area contributed by atoms with Gasteiger partial charge < -0.3 is 20.7 Å². The van der Waals surface area contributed by atoms with Gasteiger partial charge in [-0.25, -0.2) is 4.98 Å². The summed E-state index contributed by atoms with van der Waals surface area (Å²) in [6.45, 7) is 2.10. The molecule has 1 amide bonds. The van der Waals surface area contributed by atoms with Gasteiger partial charge in [0.1, 0.15) is 5.65 Å². The van der Waals surface area contributed by atoms with E-state index in [9.17, 15) is 9.90 Å². The summed E-state index contributed by atoms with van der Waals surface area (Å²) in [4.78, 5) is 20.8. The molecule has 0 saturated heterocycles. The lowest BCUT2D eigenvalue weighted by Gasteiger charge is -2.07. The number of nitrogens with one attached hydrogen (secondary N) is 3. The predicted octanol–water partition coefficient (Wildman–Crippen LogP) is 2.53. The molecule has 1 fully saturated rings. The van der Waals surface area contributed by atoms with Crippen LogP contribution in [0.2, 0.25) is 0 Å². The van der Waals surface area contributed by atoms with Crippen LogP contribution in [0.25, 0.3) is 27.7 Å². The van der Waals surface area contributed by atoms with Gasteiger partial charge >= 0.3 is 0 Å². The van der Waals surface area contributed by atoms with Crippen LogP contribution in [0.15, 0.2) is 35.9 Å². The van der Waals surface area contributed by atoms with E-state index in [0.717, 1.165) is 53.8 Å². The highest BCUT2D eigenvalue weighted by Crippen LogP contribution is 2.34. The highest BCUT2D eigenvalue weighted by molar-refractivity contribution is 7.12. The fraction of sp³-hybridized carbons (Fsp3) is 0.300. The van der Waals surface area contributed by atoms with Gasteiger partial charge in [-0.1, -0.05) is 6.08 Å². The lowest BCUT2D eigenvalue weighted by Crippen LogP contribution is -2.32. The van der Waals surface area contributed by atoms with E-state index in [4.69, 9.17) is 0 Å². The Hall–Kier alpha value is -2.48. The zero-order chi connectivity index (χ0) is 18.4. The Bertz CT molecular complexity index is 1060. The van der Waals surface area contributed by atoms with Gasteiger partial charge in [-0.2, -0.15) is 0 Å². The standard InChI is InChI=1S/C20H20N4O2S/c25-19(23-11-20(26)2-3-20)17-7-15(10-27-17)14-5-13-6-16(12-1-4-21-8-12)24-18(13)22-9-14/h1,5-7,9-10,21,26H,2-4,8,11H2,(H,22,24)(H,23,25). The van der Waals surface area contributed by atoms with Crippen LogP contribution in [-0.4, -0.2) is 46.2 Å². The molecule has 3 aromatic heterocycles. The topological polar surface area (TPSA) is 90.0 Å². The van der Waals surface area contributed by atoms with Gasteiger partial charge in [0.15, 0.2) is 0 Å². The molecule has 0 unspecified atom stereocenters. The number of aliphatic hydroxyl groups is 1. The number of aromatic amines is 1. The first-order valence-electron chi connectivity index (χ1n) is 9.08. The second-order valence-electron chi connectivity index (χ2n) is 7.31. The first-order chi connectivity index (χ1) is 13.1. The van der Waals surface area contributed by atoms with Crippen molar-refractivity contribution in [1.82, 2.24) is 20.6 Å². The predicted molar refractivity (Wildman–Crippen MR) is 107 cm³/mol. The van der Waals surface area contributed by atoms with Crippen molar-refractivity contribution in [2.75, 3.05) is 19.6 Å². The van der Waals surface area contributed by atoms with Crippen molar-refractivity contribution in [3.05, 3.63) is 46.4 Å². The number of nitrogens with zero attached hydrogens (tertiary/aromatic N) is 1. The highest BCUT2D eigenvalue weighted by atomic mass is 32.1. The van der Waals surface area contributed by atoms with Crippen molar-refractivity contribution in [3.8, 4) is 11.1 Å². The molecule has 0 aromatic carbocycles. The quantitative estimate of drug-likeness (QED) is 0.548. The Morgan fingerprint density at radius 2 is 2.19 bits per heavy atom. The molecule has 0 bridgehead atoms. The van der Waals surface area contributed by atoms with Gasteiger partial charge in [-0.05, 0) is 47.6 Å². The molecule has 2 aliphatic rings. The maximum Gasteiger partial charge on any atom is 0.261 e. The molecule has 1 aliphatic heterocycles. The Morgan fingerprint density at radius 1 is 1.30 bits per heavy atom. The number of hydrogen-bond acceptors (Lipinski definition) is 5. The van der Waals surface area contributed by atoms with E-state index in [0.29, 0.717) is 11.4 Å². The third-order valence-corrected chi connectivity index (χ3v) is 6.11. The molecule has 138 valence electrons. The molecule has 1 aliphatic carbocycles. The number of carbonyl (C=O) groups is 1. The number of amides is 1. The minimum absolute atomic E-state index is 0.134. The van der Waals surface area contributed by atoms with Gasteiger partial charge in [0.05, 0.1) is 10.5 Å². The number of fused-ring (bicyclic) bond motifs is 1. The third-order valence-electron chi connectivity index (χ3n) is 5.19. The van der Waals surface area contributed by atoms with Crippen LogP contribution in [0.1, 0.15) is 28.2 Å². The van der Waals surface area contributed by atoms with E-state index < -0.39 is 5.60 Å². The van der Waals surface area contributed by atoms with Crippen LogP contribution in [0.5, 0.6) is 0 Å². The van der Waals surface area contributed by atoms with Crippen LogP contribution in [0.4, 0.5) is 0 Å². The number of thiophene rings is 1. The second-order valence-corrected chi connectivity index (χ2v) is 8.22. The zero-order valence-electron chi connectivity index (χ0n) is 14.7. The van der Waals surface area contributed by atoms with Crippen molar-refractivity contribution in [2.24, 2.45) is 0 Å². The van der Waals surface area contributed by atoms with E-state index >= 15 is 0 Å². The number of pyridine rings is 1. The average molecular weight is 380 g/mol. The highest BCUT2D eigenvalue weighted by Gasteiger charge is 2.40. The van der Waals surface area contributed by atoms with E-state index in [1.807, 2.05) is 17.6 Å².